The summed E-state index contributed by atoms with van der Waals surface area (Å²) in [5.74, 6) is -2.74. The SMILES string of the molecule is COc1cc(NC(=O)O)c(NC(=O)CC(=O)c2cccc(-n3ccnn3)c2)cc1-c1cc(F)ccc1F. The summed E-state index contributed by atoms with van der Waals surface area (Å²) < 4.78 is 35.0. The first-order valence-corrected chi connectivity index (χ1v) is 10.7. The van der Waals surface area contributed by atoms with E-state index in [4.69, 9.17) is 4.74 Å². The lowest BCUT2D eigenvalue weighted by atomic mass is 10.0. The molecule has 0 radical (unpaired) electrons. The van der Waals surface area contributed by atoms with Crippen LogP contribution in [0.25, 0.3) is 16.8 Å². The topological polar surface area (TPSA) is 135 Å². The van der Waals surface area contributed by atoms with Gasteiger partial charge in [0.15, 0.2) is 5.78 Å². The van der Waals surface area contributed by atoms with Crippen LogP contribution in [-0.2, 0) is 4.79 Å². The molecule has 10 nitrogen and oxygen atoms in total. The fourth-order valence-corrected chi connectivity index (χ4v) is 3.60. The van der Waals surface area contributed by atoms with Crippen LogP contribution in [0.1, 0.15) is 16.8 Å². The number of aromatic nitrogens is 3. The van der Waals surface area contributed by atoms with E-state index < -0.39 is 35.8 Å². The average Bonchev–Trinajstić information content (AvgIpc) is 3.41. The van der Waals surface area contributed by atoms with E-state index in [-0.39, 0.29) is 33.8 Å². The minimum absolute atomic E-state index is 0.0206. The predicted octanol–water partition coefficient (Wildman–Crippen LogP) is 4.52. The van der Waals surface area contributed by atoms with Crippen LogP contribution >= 0.6 is 0 Å². The molecule has 37 heavy (non-hydrogen) atoms. The van der Waals surface area contributed by atoms with Gasteiger partial charge in [-0.15, -0.1) is 5.10 Å². The Balaban J connectivity index is 1.63. The molecule has 4 rings (SSSR count). The van der Waals surface area contributed by atoms with Gasteiger partial charge in [0.05, 0.1) is 43.0 Å². The zero-order valence-electron chi connectivity index (χ0n) is 19.2. The average molecular weight is 507 g/mol. The van der Waals surface area contributed by atoms with E-state index in [1.54, 1.807) is 24.4 Å². The van der Waals surface area contributed by atoms with Crippen molar-refractivity contribution in [1.29, 1.82) is 0 Å². The Morgan fingerprint density at radius 2 is 1.78 bits per heavy atom. The van der Waals surface area contributed by atoms with Crippen molar-refractivity contribution in [2.45, 2.75) is 6.42 Å². The Kier molecular flexibility index (Phi) is 7.19. The highest BCUT2D eigenvalue weighted by Gasteiger charge is 2.20. The van der Waals surface area contributed by atoms with Crippen LogP contribution < -0.4 is 15.4 Å². The van der Waals surface area contributed by atoms with Gasteiger partial charge in [-0.05, 0) is 36.4 Å². The lowest BCUT2D eigenvalue weighted by Gasteiger charge is -2.17. The van der Waals surface area contributed by atoms with E-state index in [1.807, 2.05) is 0 Å². The third-order valence-electron chi connectivity index (χ3n) is 5.25. The number of ether oxygens (including phenoxy) is 1. The Hall–Kier alpha value is -5.13. The summed E-state index contributed by atoms with van der Waals surface area (Å²) >= 11 is 0. The molecule has 0 aliphatic rings. The smallest absolute Gasteiger partial charge is 0.409 e. The van der Waals surface area contributed by atoms with Crippen molar-refractivity contribution in [3.8, 4) is 22.6 Å². The second-order valence-electron chi connectivity index (χ2n) is 7.70. The molecular weight excluding hydrogens is 488 g/mol. The number of carboxylic acid groups (broad SMARTS) is 1. The van der Waals surface area contributed by atoms with Crippen molar-refractivity contribution in [1.82, 2.24) is 15.0 Å². The first kappa shape index (κ1) is 25.0. The van der Waals surface area contributed by atoms with Crippen LogP contribution in [0.3, 0.4) is 0 Å². The van der Waals surface area contributed by atoms with Crippen molar-refractivity contribution in [2.75, 3.05) is 17.7 Å². The number of amides is 2. The van der Waals surface area contributed by atoms with Crippen molar-refractivity contribution in [3.63, 3.8) is 0 Å². The third kappa shape index (κ3) is 5.75. The molecule has 0 aliphatic heterocycles. The van der Waals surface area contributed by atoms with E-state index in [9.17, 15) is 28.3 Å². The fourth-order valence-electron chi connectivity index (χ4n) is 3.60. The van der Waals surface area contributed by atoms with Gasteiger partial charge in [0.1, 0.15) is 17.4 Å². The van der Waals surface area contributed by atoms with Gasteiger partial charge in [-0.1, -0.05) is 17.3 Å². The lowest BCUT2D eigenvalue weighted by Crippen LogP contribution is -2.19. The van der Waals surface area contributed by atoms with Gasteiger partial charge in [0.2, 0.25) is 5.91 Å². The maximum absolute atomic E-state index is 14.5. The largest absolute Gasteiger partial charge is 0.496 e. The maximum atomic E-state index is 14.5. The number of hydrogen-bond donors (Lipinski definition) is 3. The molecule has 188 valence electrons. The standard InChI is InChI=1S/C25H19F2N5O5/c1-37-23-12-21(30-25(35)36)20(11-18(23)17-10-15(26)5-6-19(17)27)29-24(34)13-22(33)14-3-2-4-16(9-14)32-8-7-28-31-32/h2-12,30H,13H2,1H3,(H,29,34)(H,35,36). The minimum Gasteiger partial charge on any atom is -0.496 e. The molecule has 0 bridgehead atoms. The summed E-state index contributed by atoms with van der Waals surface area (Å²) in [4.78, 5) is 36.9. The first-order valence-electron chi connectivity index (χ1n) is 10.7. The molecule has 1 heterocycles. The quantitative estimate of drug-likeness (QED) is 0.236. The van der Waals surface area contributed by atoms with Crippen LogP contribution in [0.2, 0.25) is 0 Å². The van der Waals surface area contributed by atoms with E-state index >= 15 is 0 Å². The highest BCUT2D eigenvalue weighted by atomic mass is 19.1. The number of rotatable bonds is 8. The summed E-state index contributed by atoms with van der Waals surface area (Å²) in [5, 5.41) is 21.4. The molecule has 1 aromatic heterocycles. The number of halogens is 2. The van der Waals surface area contributed by atoms with Crippen LogP contribution in [0.15, 0.2) is 67.0 Å². The molecule has 0 saturated heterocycles. The fraction of sp³-hybridized carbons (Fsp3) is 0.0800. The highest BCUT2D eigenvalue weighted by Crippen LogP contribution is 2.39. The number of nitrogens with one attached hydrogen (secondary N) is 2. The highest BCUT2D eigenvalue weighted by molar-refractivity contribution is 6.12. The third-order valence-corrected chi connectivity index (χ3v) is 5.25. The summed E-state index contributed by atoms with van der Waals surface area (Å²) in [6.45, 7) is 0. The van der Waals surface area contributed by atoms with Gasteiger partial charge in [0, 0.05) is 22.8 Å². The Labute approximate surface area is 208 Å². The lowest BCUT2D eigenvalue weighted by molar-refractivity contribution is -0.115. The predicted molar refractivity (Wildman–Crippen MR) is 129 cm³/mol. The molecule has 0 saturated carbocycles. The monoisotopic (exact) mass is 507 g/mol. The number of nitrogens with zero attached hydrogens (tertiary/aromatic N) is 3. The molecular formula is C25H19F2N5O5. The van der Waals surface area contributed by atoms with E-state index in [1.165, 1.54) is 36.2 Å². The molecule has 12 heteroatoms. The van der Waals surface area contributed by atoms with Crippen molar-refractivity contribution >= 4 is 29.2 Å². The van der Waals surface area contributed by atoms with Gasteiger partial charge in [-0.3, -0.25) is 14.9 Å². The molecule has 4 aromatic rings. The van der Waals surface area contributed by atoms with Gasteiger partial charge in [-0.2, -0.15) is 0 Å². The van der Waals surface area contributed by atoms with Gasteiger partial charge in [0.25, 0.3) is 0 Å². The molecule has 0 fully saturated rings. The molecule has 0 aliphatic carbocycles. The molecule has 3 aromatic carbocycles. The molecule has 0 atom stereocenters. The van der Waals surface area contributed by atoms with Gasteiger partial charge < -0.3 is 15.2 Å². The number of carbonyl (C=O) groups excluding carboxylic acids is 2. The number of Topliss-reactive ketones (excluding diaryl/α,β-unsaturated/α-hetero) is 1. The number of benzene rings is 3. The minimum atomic E-state index is -1.44. The van der Waals surface area contributed by atoms with Crippen LogP contribution in [0, 0.1) is 11.6 Å². The number of methoxy groups -OCH3 is 1. The van der Waals surface area contributed by atoms with E-state index in [0.29, 0.717) is 5.69 Å². The number of ketones is 1. The number of anilines is 2. The van der Waals surface area contributed by atoms with Crippen molar-refractivity contribution in [2.24, 2.45) is 0 Å². The van der Waals surface area contributed by atoms with Crippen molar-refractivity contribution < 1.29 is 33.0 Å². The summed E-state index contributed by atoms with van der Waals surface area (Å²) in [6.07, 6.45) is 1.05. The zero-order chi connectivity index (χ0) is 26.5. The van der Waals surface area contributed by atoms with Gasteiger partial charge in [-0.25, -0.2) is 18.3 Å². The Bertz CT molecular complexity index is 1490. The molecule has 2 amide bonds. The van der Waals surface area contributed by atoms with Crippen LogP contribution in [0.4, 0.5) is 25.0 Å². The Morgan fingerprint density at radius 1 is 1.00 bits per heavy atom. The summed E-state index contributed by atoms with van der Waals surface area (Å²) in [7, 11) is 1.27. The van der Waals surface area contributed by atoms with Gasteiger partial charge >= 0.3 is 6.09 Å². The zero-order valence-corrected chi connectivity index (χ0v) is 19.2. The molecule has 3 N–H and O–H groups in total. The summed E-state index contributed by atoms with van der Waals surface area (Å²) in [6, 6.07) is 11.7. The Morgan fingerprint density at radius 3 is 2.49 bits per heavy atom. The normalized spacial score (nSPS) is 10.6. The first-order chi connectivity index (χ1) is 17.7. The van der Waals surface area contributed by atoms with Crippen LogP contribution in [0.5, 0.6) is 5.75 Å². The van der Waals surface area contributed by atoms with E-state index in [2.05, 4.69) is 20.9 Å². The summed E-state index contributed by atoms with van der Waals surface area (Å²) in [5.41, 5.74) is 0.501. The second-order valence-corrected chi connectivity index (χ2v) is 7.70. The second kappa shape index (κ2) is 10.6. The van der Waals surface area contributed by atoms with Crippen molar-refractivity contribution in [3.05, 3.63) is 84.2 Å². The number of hydrogen-bond acceptors (Lipinski definition) is 6. The van der Waals surface area contributed by atoms with Crippen LogP contribution in [-0.4, -0.2) is 45.0 Å². The number of carbonyl (C=O) groups is 3. The maximum Gasteiger partial charge on any atom is 0.409 e. The van der Waals surface area contributed by atoms with E-state index in [0.717, 1.165) is 18.2 Å². The molecule has 0 spiro atoms. The molecule has 0 unspecified atom stereocenters.